The third-order valence-corrected chi connectivity index (χ3v) is 7.86. The summed E-state index contributed by atoms with van der Waals surface area (Å²) < 4.78 is 18.9. The first-order chi connectivity index (χ1) is 20.8. The zero-order valence-electron chi connectivity index (χ0n) is 23.8. The molecule has 0 saturated heterocycles. The Bertz CT molecular complexity index is 1880. The number of fused-ring (bicyclic) bond motifs is 1. The van der Waals surface area contributed by atoms with Crippen LogP contribution in [0.2, 0.25) is 0 Å². The lowest BCUT2D eigenvalue weighted by Crippen LogP contribution is -2.40. The van der Waals surface area contributed by atoms with E-state index in [4.69, 9.17) is 19.2 Å². The summed E-state index contributed by atoms with van der Waals surface area (Å²) in [6.07, 6.45) is 2.26. The molecule has 1 aliphatic heterocycles. The maximum atomic E-state index is 13.9. The van der Waals surface area contributed by atoms with Crippen molar-refractivity contribution >= 4 is 29.1 Å². The summed E-state index contributed by atoms with van der Waals surface area (Å²) in [6, 6.07) is 20.2. The van der Waals surface area contributed by atoms with E-state index in [1.54, 1.807) is 34.9 Å². The first-order valence-corrected chi connectivity index (χ1v) is 14.5. The van der Waals surface area contributed by atoms with E-state index in [1.165, 1.54) is 30.6 Å². The molecular weight excluding hydrogens is 570 g/mol. The molecule has 0 N–H and O–H groups in total. The number of rotatable bonds is 10. The summed E-state index contributed by atoms with van der Waals surface area (Å²) in [6.45, 7) is 4.36. The van der Waals surface area contributed by atoms with Crippen LogP contribution in [-0.4, -0.2) is 29.2 Å². The van der Waals surface area contributed by atoms with Gasteiger partial charge in [-0.05, 0) is 60.4 Å². The number of thiazole rings is 1. The van der Waals surface area contributed by atoms with Gasteiger partial charge in [-0.2, -0.15) is 0 Å². The number of esters is 1. The lowest BCUT2D eigenvalue weighted by Gasteiger charge is -2.25. The fourth-order valence-corrected chi connectivity index (χ4v) is 5.86. The van der Waals surface area contributed by atoms with E-state index in [2.05, 4.69) is 0 Å². The van der Waals surface area contributed by atoms with Crippen LogP contribution < -0.4 is 24.4 Å². The van der Waals surface area contributed by atoms with Crippen molar-refractivity contribution < 1.29 is 23.9 Å². The molecule has 2 heterocycles. The summed E-state index contributed by atoms with van der Waals surface area (Å²) in [5.41, 5.74) is 2.94. The first-order valence-electron chi connectivity index (χ1n) is 13.7. The predicted molar refractivity (Wildman–Crippen MR) is 162 cm³/mol. The molecule has 43 heavy (non-hydrogen) atoms. The molecule has 0 bridgehead atoms. The van der Waals surface area contributed by atoms with Crippen LogP contribution in [-0.2, 0) is 16.1 Å². The number of non-ortho nitro benzene ring substituents is 1. The minimum Gasteiger partial charge on any atom is -0.490 e. The quantitative estimate of drug-likeness (QED) is 0.147. The van der Waals surface area contributed by atoms with Gasteiger partial charge >= 0.3 is 5.97 Å². The minimum absolute atomic E-state index is 0.0101. The SMILES string of the molecule is CCOc1cc(/C=c2\sc3n(c2=O)[C@H](c2ccccc2)C(C(=O)OC)=C(CC)N=3)ccc1OCc1ccc([N+](=O)[O-])cc1. The second kappa shape index (κ2) is 12.9. The molecule has 0 aliphatic carbocycles. The largest absolute Gasteiger partial charge is 0.490 e. The average Bonchev–Trinajstić information content (AvgIpc) is 3.34. The van der Waals surface area contributed by atoms with Crippen molar-refractivity contribution in [1.29, 1.82) is 0 Å². The molecule has 0 fully saturated rings. The summed E-state index contributed by atoms with van der Waals surface area (Å²) in [5, 5.41) is 10.9. The fourth-order valence-electron chi connectivity index (χ4n) is 4.84. The molecule has 220 valence electrons. The molecule has 1 aromatic heterocycles. The minimum atomic E-state index is -0.670. The number of carbonyl (C=O) groups is 1. The van der Waals surface area contributed by atoms with E-state index < -0.39 is 16.9 Å². The topological polar surface area (TPSA) is 122 Å². The standard InChI is InChI=1S/C32H29N3O7S/c1-4-24-28(31(37)40-3)29(22-9-7-6-8-10-22)34-30(36)27(43-32(34)33-24)18-21-13-16-25(26(17-21)41-5-2)42-19-20-11-14-23(15-12-20)35(38)39/h6-18,29H,4-5,19H2,1-3H3/b27-18-/t29-/m1/s1. The Balaban J connectivity index is 1.52. The maximum absolute atomic E-state index is 13.9. The Hall–Kier alpha value is -5.03. The lowest BCUT2D eigenvalue weighted by atomic mass is 9.95. The van der Waals surface area contributed by atoms with Crippen LogP contribution in [0.4, 0.5) is 5.69 Å². The van der Waals surface area contributed by atoms with Gasteiger partial charge in [-0.1, -0.05) is 54.7 Å². The molecule has 1 aliphatic rings. The van der Waals surface area contributed by atoms with Crippen LogP contribution in [0.1, 0.15) is 43.0 Å². The van der Waals surface area contributed by atoms with Gasteiger partial charge < -0.3 is 14.2 Å². The normalized spacial score (nSPS) is 14.6. The Morgan fingerprint density at radius 1 is 1.05 bits per heavy atom. The number of nitro groups is 1. The number of nitrogens with zero attached hydrogens (tertiary/aromatic N) is 3. The number of carbonyl (C=O) groups excluding carboxylic acids is 1. The van der Waals surface area contributed by atoms with Crippen LogP contribution >= 0.6 is 11.3 Å². The van der Waals surface area contributed by atoms with E-state index in [-0.39, 0.29) is 17.9 Å². The molecule has 0 amide bonds. The van der Waals surface area contributed by atoms with Gasteiger partial charge in [-0.15, -0.1) is 0 Å². The number of aromatic nitrogens is 1. The van der Waals surface area contributed by atoms with Crippen LogP contribution in [0.5, 0.6) is 11.5 Å². The molecule has 11 heteroatoms. The van der Waals surface area contributed by atoms with E-state index in [1.807, 2.05) is 50.2 Å². The third kappa shape index (κ3) is 6.12. The Labute approximate surface area is 251 Å². The van der Waals surface area contributed by atoms with Gasteiger partial charge in [-0.25, -0.2) is 9.79 Å². The van der Waals surface area contributed by atoms with E-state index in [0.29, 0.717) is 45.1 Å². The van der Waals surface area contributed by atoms with Crippen molar-refractivity contribution in [3.8, 4) is 11.5 Å². The molecule has 3 aromatic carbocycles. The highest BCUT2D eigenvalue weighted by Gasteiger charge is 2.33. The van der Waals surface area contributed by atoms with Gasteiger partial charge in [0.05, 0.1) is 40.5 Å². The number of hydrogen-bond donors (Lipinski definition) is 0. The third-order valence-electron chi connectivity index (χ3n) is 6.87. The van der Waals surface area contributed by atoms with Crippen LogP contribution in [0.25, 0.3) is 6.08 Å². The number of nitro benzene ring substituents is 1. The molecule has 1 atom stereocenters. The second-order valence-electron chi connectivity index (χ2n) is 9.55. The molecular formula is C32H29N3O7S. The van der Waals surface area contributed by atoms with Gasteiger partial charge in [0.2, 0.25) is 0 Å². The Morgan fingerprint density at radius 2 is 1.79 bits per heavy atom. The van der Waals surface area contributed by atoms with E-state index >= 15 is 0 Å². The maximum Gasteiger partial charge on any atom is 0.338 e. The molecule has 0 radical (unpaired) electrons. The monoisotopic (exact) mass is 599 g/mol. The smallest absolute Gasteiger partial charge is 0.338 e. The summed E-state index contributed by atoms with van der Waals surface area (Å²) in [5.74, 6) is 0.474. The Morgan fingerprint density at radius 3 is 2.44 bits per heavy atom. The highest BCUT2D eigenvalue weighted by Crippen LogP contribution is 2.32. The fraction of sp³-hybridized carbons (Fsp3) is 0.219. The van der Waals surface area contributed by atoms with Gasteiger partial charge in [0.15, 0.2) is 16.3 Å². The van der Waals surface area contributed by atoms with Crippen molar-refractivity contribution in [3.63, 3.8) is 0 Å². The molecule has 0 spiro atoms. The molecule has 0 unspecified atom stereocenters. The molecule has 0 saturated carbocycles. The number of ether oxygens (including phenoxy) is 3. The zero-order valence-corrected chi connectivity index (χ0v) is 24.6. The number of methoxy groups -OCH3 is 1. The van der Waals surface area contributed by atoms with Crippen LogP contribution in [0.3, 0.4) is 0 Å². The van der Waals surface area contributed by atoms with Crippen molar-refractivity contribution in [2.75, 3.05) is 13.7 Å². The lowest BCUT2D eigenvalue weighted by molar-refractivity contribution is -0.384. The van der Waals surface area contributed by atoms with Crippen molar-refractivity contribution in [2.45, 2.75) is 32.9 Å². The van der Waals surface area contributed by atoms with E-state index in [9.17, 15) is 19.7 Å². The summed E-state index contributed by atoms with van der Waals surface area (Å²) in [7, 11) is 1.32. The van der Waals surface area contributed by atoms with Crippen LogP contribution in [0, 0.1) is 10.1 Å². The van der Waals surface area contributed by atoms with Crippen LogP contribution in [0.15, 0.2) is 93.9 Å². The average molecular weight is 600 g/mol. The highest BCUT2D eigenvalue weighted by molar-refractivity contribution is 7.07. The van der Waals surface area contributed by atoms with Gasteiger partial charge in [0.25, 0.3) is 11.2 Å². The predicted octanol–water partition coefficient (Wildman–Crippen LogP) is 4.68. The first kappa shape index (κ1) is 29.5. The van der Waals surface area contributed by atoms with Crippen molar-refractivity contribution in [3.05, 3.63) is 131 Å². The summed E-state index contributed by atoms with van der Waals surface area (Å²) in [4.78, 5) is 42.5. The summed E-state index contributed by atoms with van der Waals surface area (Å²) >= 11 is 1.25. The molecule has 10 nitrogen and oxygen atoms in total. The molecule has 5 rings (SSSR count). The second-order valence-corrected chi connectivity index (χ2v) is 10.6. The highest BCUT2D eigenvalue weighted by atomic mass is 32.1. The van der Waals surface area contributed by atoms with E-state index in [0.717, 1.165) is 16.7 Å². The van der Waals surface area contributed by atoms with Crippen molar-refractivity contribution in [1.82, 2.24) is 4.57 Å². The zero-order chi connectivity index (χ0) is 30.5. The molecule has 4 aromatic rings. The van der Waals surface area contributed by atoms with Gasteiger partial charge in [-0.3, -0.25) is 19.5 Å². The van der Waals surface area contributed by atoms with Gasteiger partial charge in [0.1, 0.15) is 6.61 Å². The number of allylic oxidation sites excluding steroid dienone is 1. The number of hydrogen-bond acceptors (Lipinski definition) is 9. The van der Waals surface area contributed by atoms with Gasteiger partial charge in [0, 0.05) is 12.1 Å². The Kier molecular flexibility index (Phi) is 8.82. The van der Waals surface area contributed by atoms with Crippen molar-refractivity contribution in [2.24, 2.45) is 4.99 Å². The number of benzene rings is 3.